The minimum absolute atomic E-state index is 0.126. The van der Waals surface area contributed by atoms with Crippen LogP contribution in [-0.2, 0) is 6.54 Å². The number of fused-ring (bicyclic) bond motifs is 1. The number of hydrogen-bond donors (Lipinski definition) is 1. The Labute approximate surface area is 131 Å². The van der Waals surface area contributed by atoms with Gasteiger partial charge in [0.25, 0.3) is 0 Å². The first-order chi connectivity index (χ1) is 11.2. The van der Waals surface area contributed by atoms with E-state index in [0.29, 0.717) is 28.3 Å². The minimum Gasteiger partial charge on any atom is -0.478 e. The largest absolute Gasteiger partial charge is 0.478 e. The zero-order chi connectivity index (χ0) is 16.2. The highest BCUT2D eigenvalue weighted by Crippen LogP contribution is 2.34. The number of carboxylic acids is 1. The SMILES string of the molecule is O=Cc1cc2c(cc1CN=Nc1cccc(C(=O)O)c1)OCO2. The highest BCUT2D eigenvalue weighted by molar-refractivity contribution is 5.88. The van der Waals surface area contributed by atoms with E-state index in [9.17, 15) is 9.59 Å². The molecule has 0 saturated heterocycles. The second kappa shape index (κ2) is 6.27. The maximum Gasteiger partial charge on any atom is 0.335 e. The second-order valence-corrected chi connectivity index (χ2v) is 4.78. The Morgan fingerprint density at radius 1 is 1.22 bits per heavy atom. The summed E-state index contributed by atoms with van der Waals surface area (Å²) in [6.07, 6.45) is 0.720. The lowest BCUT2D eigenvalue weighted by Crippen LogP contribution is -1.94. The fourth-order valence-corrected chi connectivity index (χ4v) is 2.14. The van der Waals surface area contributed by atoms with Crippen molar-refractivity contribution in [3.8, 4) is 11.5 Å². The van der Waals surface area contributed by atoms with Gasteiger partial charge in [-0.1, -0.05) is 6.07 Å². The molecular formula is C16H12N2O5. The summed E-state index contributed by atoms with van der Waals surface area (Å²) in [4.78, 5) is 22.0. The molecule has 0 fully saturated rings. The number of benzene rings is 2. The lowest BCUT2D eigenvalue weighted by atomic mass is 10.1. The summed E-state index contributed by atoms with van der Waals surface area (Å²) >= 11 is 0. The van der Waals surface area contributed by atoms with Crippen molar-refractivity contribution in [1.29, 1.82) is 0 Å². The van der Waals surface area contributed by atoms with E-state index in [1.807, 2.05) is 0 Å². The number of rotatable bonds is 5. The molecule has 0 radical (unpaired) electrons. The summed E-state index contributed by atoms with van der Waals surface area (Å²) in [6, 6.07) is 9.44. The van der Waals surface area contributed by atoms with Crippen LogP contribution in [-0.4, -0.2) is 24.2 Å². The zero-order valence-corrected chi connectivity index (χ0v) is 11.9. The van der Waals surface area contributed by atoms with Gasteiger partial charge in [-0.25, -0.2) is 4.79 Å². The van der Waals surface area contributed by atoms with Crippen molar-refractivity contribution < 1.29 is 24.2 Å². The van der Waals surface area contributed by atoms with Gasteiger partial charge >= 0.3 is 5.97 Å². The molecule has 1 aliphatic rings. The van der Waals surface area contributed by atoms with Crippen molar-refractivity contribution >= 4 is 17.9 Å². The normalized spacial score (nSPS) is 12.5. The third-order valence-electron chi connectivity index (χ3n) is 3.28. The number of carboxylic acid groups (broad SMARTS) is 1. The minimum atomic E-state index is -1.03. The maximum absolute atomic E-state index is 11.1. The van der Waals surface area contributed by atoms with Gasteiger partial charge in [-0.3, -0.25) is 4.79 Å². The fourth-order valence-electron chi connectivity index (χ4n) is 2.14. The molecule has 7 heteroatoms. The first kappa shape index (κ1) is 14.7. The van der Waals surface area contributed by atoms with E-state index >= 15 is 0 Å². The Morgan fingerprint density at radius 2 is 2.00 bits per heavy atom. The van der Waals surface area contributed by atoms with E-state index in [-0.39, 0.29) is 18.9 Å². The first-order valence-electron chi connectivity index (χ1n) is 6.76. The topological polar surface area (TPSA) is 97.6 Å². The van der Waals surface area contributed by atoms with Crippen LogP contribution in [0.1, 0.15) is 26.3 Å². The molecule has 116 valence electrons. The summed E-state index contributed by atoms with van der Waals surface area (Å²) in [5, 5.41) is 16.9. The van der Waals surface area contributed by atoms with Crippen LogP contribution in [0.25, 0.3) is 0 Å². The summed E-state index contributed by atoms with van der Waals surface area (Å²) in [7, 11) is 0. The Kier molecular flexibility index (Phi) is 4.01. The molecule has 0 atom stereocenters. The third-order valence-corrected chi connectivity index (χ3v) is 3.28. The highest BCUT2D eigenvalue weighted by atomic mass is 16.7. The second-order valence-electron chi connectivity index (χ2n) is 4.78. The lowest BCUT2D eigenvalue weighted by Gasteiger charge is -2.03. The van der Waals surface area contributed by atoms with Crippen molar-refractivity contribution in [3.63, 3.8) is 0 Å². The van der Waals surface area contributed by atoms with Gasteiger partial charge in [0.15, 0.2) is 17.8 Å². The summed E-state index contributed by atoms with van der Waals surface area (Å²) in [5.74, 6) is 0.0664. The molecule has 0 bridgehead atoms. The molecule has 0 unspecified atom stereocenters. The molecule has 1 N–H and O–H groups in total. The molecule has 3 rings (SSSR count). The summed E-state index contributed by atoms with van der Waals surface area (Å²) < 4.78 is 10.5. The van der Waals surface area contributed by atoms with Crippen molar-refractivity contribution in [2.24, 2.45) is 10.2 Å². The third kappa shape index (κ3) is 3.18. The van der Waals surface area contributed by atoms with Gasteiger partial charge in [0.1, 0.15) is 0 Å². The van der Waals surface area contributed by atoms with Crippen molar-refractivity contribution in [3.05, 3.63) is 53.1 Å². The van der Waals surface area contributed by atoms with E-state index in [1.165, 1.54) is 12.1 Å². The van der Waals surface area contributed by atoms with Gasteiger partial charge in [0.2, 0.25) is 6.79 Å². The molecule has 1 heterocycles. The monoisotopic (exact) mass is 312 g/mol. The molecule has 23 heavy (non-hydrogen) atoms. The van der Waals surface area contributed by atoms with Crippen LogP contribution < -0.4 is 9.47 Å². The van der Waals surface area contributed by atoms with Gasteiger partial charge in [0.05, 0.1) is 17.8 Å². The van der Waals surface area contributed by atoms with E-state index in [2.05, 4.69) is 10.2 Å². The van der Waals surface area contributed by atoms with Gasteiger partial charge in [-0.15, -0.1) is 0 Å². The Balaban J connectivity index is 1.79. The summed E-state index contributed by atoms with van der Waals surface area (Å²) in [6.45, 7) is 0.294. The van der Waals surface area contributed by atoms with Crippen LogP contribution in [0.15, 0.2) is 46.6 Å². The molecular weight excluding hydrogens is 300 g/mol. The zero-order valence-electron chi connectivity index (χ0n) is 11.9. The smallest absolute Gasteiger partial charge is 0.335 e. The van der Waals surface area contributed by atoms with Gasteiger partial charge < -0.3 is 14.6 Å². The predicted molar refractivity (Wildman–Crippen MR) is 79.6 cm³/mol. The molecule has 1 aliphatic heterocycles. The van der Waals surface area contributed by atoms with Crippen molar-refractivity contribution in [1.82, 2.24) is 0 Å². The van der Waals surface area contributed by atoms with Gasteiger partial charge in [-0.05, 0) is 35.9 Å². The number of ether oxygens (including phenoxy) is 2. The van der Waals surface area contributed by atoms with E-state index in [4.69, 9.17) is 14.6 Å². The highest BCUT2D eigenvalue weighted by Gasteiger charge is 2.16. The van der Waals surface area contributed by atoms with Crippen LogP contribution >= 0.6 is 0 Å². The Morgan fingerprint density at radius 3 is 2.74 bits per heavy atom. The van der Waals surface area contributed by atoms with Gasteiger partial charge in [0, 0.05) is 5.56 Å². The molecule has 0 saturated carbocycles. The first-order valence-corrected chi connectivity index (χ1v) is 6.76. The molecule has 2 aromatic carbocycles. The molecule has 0 amide bonds. The number of aldehydes is 1. The fraction of sp³-hybridized carbons (Fsp3) is 0.125. The number of aromatic carboxylic acids is 1. The quantitative estimate of drug-likeness (QED) is 0.675. The Bertz CT molecular complexity index is 801. The van der Waals surface area contributed by atoms with Crippen LogP contribution in [0, 0.1) is 0 Å². The molecule has 2 aromatic rings. The van der Waals surface area contributed by atoms with E-state index in [0.717, 1.165) is 6.29 Å². The summed E-state index contributed by atoms with van der Waals surface area (Å²) in [5.41, 5.74) is 1.67. The van der Waals surface area contributed by atoms with Crippen LogP contribution in [0.5, 0.6) is 11.5 Å². The maximum atomic E-state index is 11.1. The number of nitrogens with zero attached hydrogens (tertiary/aromatic N) is 2. The van der Waals surface area contributed by atoms with Crippen LogP contribution in [0.3, 0.4) is 0 Å². The molecule has 0 aliphatic carbocycles. The average Bonchev–Trinajstić information content (AvgIpc) is 3.01. The standard InChI is InChI=1S/C16H12N2O5/c19-8-12-6-15-14(22-9-23-15)5-11(12)7-17-18-13-3-1-2-10(4-13)16(20)21/h1-6,8H,7,9H2,(H,20,21). The molecule has 0 spiro atoms. The van der Waals surface area contributed by atoms with Crippen LogP contribution in [0.2, 0.25) is 0 Å². The van der Waals surface area contributed by atoms with E-state index in [1.54, 1.807) is 24.3 Å². The predicted octanol–water partition coefficient (Wildman–Crippen LogP) is 3.21. The lowest BCUT2D eigenvalue weighted by molar-refractivity contribution is 0.0696. The van der Waals surface area contributed by atoms with Gasteiger partial charge in [-0.2, -0.15) is 10.2 Å². The molecule has 7 nitrogen and oxygen atoms in total. The number of azo groups is 1. The number of carbonyl (C=O) groups is 2. The van der Waals surface area contributed by atoms with E-state index < -0.39 is 5.97 Å². The Hall–Kier alpha value is -3.22. The van der Waals surface area contributed by atoms with Crippen molar-refractivity contribution in [2.75, 3.05) is 6.79 Å². The van der Waals surface area contributed by atoms with Crippen LogP contribution in [0.4, 0.5) is 5.69 Å². The number of carbonyl (C=O) groups excluding carboxylic acids is 1. The van der Waals surface area contributed by atoms with Crippen molar-refractivity contribution in [2.45, 2.75) is 6.54 Å². The average molecular weight is 312 g/mol. The molecule has 0 aromatic heterocycles. The number of hydrogen-bond acceptors (Lipinski definition) is 6.